The van der Waals surface area contributed by atoms with Crippen molar-refractivity contribution in [3.8, 4) is 10.8 Å². The van der Waals surface area contributed by atoms with Crippen molar-refractivity contribution < 1.29 is 4.52 Å². The fourth-order valence-electron chi connectivity index (χ4n) is 1.21. The minimum atomic E-state index is -0.212. The molecule has 16 heavy (non-hydrogen) atoms. The first-order valence-electron chi connectivity index (χ1n) is 4.92. The highest BCUT2D eigenvalue weighted by Gasteiger charge is 2.19. The molecule has 0 saturated heterocycles. The van der Waals surface area contributed by atoms with Crippen molar-refractivity contribution in [2.24, 2.45) is 11.7 Å². The Bertz CT molecular complexity index is 480. The normalized spacial score (nSPS) is 13.3. The van der Waals surface area contributed by atoms with Gasteiger partial charge in [0, 0.05) is 0 Å². The summed E-state index contributed by atoms with van der Waals surface area (Å²) in [4.78, 5) is 5.05. The molecular weight excluding hydrogens is 246 g/mol. The van der Waals surface area contributed by atoms with E-state index in [1.807, 2.05) is 19.2 Å². The molecule has 0 aromatic carbocycles. The van der Waals surface area contributed by atoms with Gasteiger partial charge in [-0.05, 0) is 17.4 Å². The average Bonchev–Trinajstić information content (AvgIpc) is 2.84. The third-order valence-electron chi connectivity index (χ3n) is 2.27. The van der Waals surface area contributed by atoms with Gasteiger partial charge in [-0.3, -0.25) is 0 Å². The van der Waals surface area contributed by atoms with Crippen LogP contribution in [0.2, 0.25) is 5.02 Å². The summed E-state index contributed by atoms with van der Waals surface area (Å²) in [5, 5.41) is 6.37. The Morgan fingerprint density at radius 3 is 2.81 bits per heavy atom. The van der Waals surface area contributed by atoms with Gasteiger partial charge in [0.15, 0.2) is 5.82 Å². The van der Waals surface area contributed by atoms with Crippen LogP contribution in [0.5, 0.6) is 0 Å². The quantitative estimate of drug-likeness (QED) is 0.918. The first-order chi connectivity index (χ1) is 7.59. The summed E-state index contributed by atoms with van der Waals surface area (Å²) < 4.78 is 5.15. The minimum absolute atomic E-state index is 0.212. The predicted octanol–water partition coefficient (Wildman–Crippen LogP) is 3.11. The molecule has 4 nitrogen and oxygen atoms in total. The maximum Gasteiger partial charge on any atom is 0.269 e. The SMILES string of the molecule is CC(C)C(N)c1noc(-c2sccc2Cl)n1. The lowest BCUT2D eigenvalue weighted by atomic mass is 10.1. The Morgan fingerprint density at radius 1 is 1.50 bits per heavy atom. The molecule has 0 aliphatic rings. The molecule has 2 N–H and O–H groups in total. The van der Waals surface area contributed by atoms with Gasteiger partial charge in [0.2, 0.25) is 0 Å². The van der Waals surface area contributed by atoms with Crippen LogP contribution in [-0.4, -0.2) is 10.1 Å². The second kappa shape index (κ2) is 4.53. The molecule has 0 saturated carbocycles. The molecule has 0 bridgehead atoms. The molecule has 0 aliphatic heterocycles. The summed E-state index contributed by atoms with van der Waals surface area (Å²) in [6.07, 6.45) is 0. The largest absolute Gasteiger partial charge is 0.333 e. The first-order valence-corrected chi connectivity index (χ1v) is 6.18. The van der Waals surface area contributed by atoms with Crippen LogP contribution in [0.15, 0.2) is 16.0 Å². The Balaban J connectivity index is 2.30. The number of nitrogens with two attached hydrogens (primary N) is 1. The van der Waals surface area contributed by atoms with Gasteiger partial charge in [-0.2, -0.15) is 4.98 Å². The monoisotopic (exact) mass is 257 g/mol. The van der Waals surface area contributed by atoms with E-state index in [0.29, 0.717) is 16.7 Å². The van der Waals surface area contributed by atoms with Crippen molar-refractivity contribution in [1.82, 2.24) is 10.1 Å². The van der Waals surface area contributed by atoms with Gasteiger partial charge in [0.1, 0.15) is 4.88 Å². The van der Waals surface area contributed by atoms with Gasteiger partial charge in [-0.25, -0.2) is 0 Å². The number of halogens is 1. The van der Waals surface area contributed by atoms with E-state index in [1.165, 1.54) is 11.3 Å². The smallest absolute Gasteiger partial charge is 0.269 e. The van der Waals surface area contributed by atoms with Crippen molar-refractivity contribution in [3.63, 3.8) is 0 Å². The number of hydrogen-bond acceptors (Lipinski definition) is 5. The summed E-state index contributed by atoms with van der Waals surface area (Å²) in [5.74, 6) is 1.23. The second-order valence-corrected chi connectivity index (χ2v) is 5.15. The number of thiophene rings is 1. The van der Waals surface area contributed by atoms with Crippen LogP contribution in [-0.2, 0) is 0 Å². The molecule has 0 spiro atoms. The van der Waals surface area contributed by atoms with E-state index in [1.54, 1.807) is 6.07 Å². The number of hydrogen-bond donors (Lipinski definition) is 1. The second-order valence-electron chi connectivity index (χ2n) is 3.83. The summed E-state index contributed by atoms with van der Waals surface area (Å²) in [7, 11) is 0. The highest BCUT2D eigenvalue weighted by Crippen LogP contribution is 2.32. The van der Waals surface area contributed by atoms with Crippen LogP contribution < -0.4 is 5.73 Å². The van der Waals surface area contributed by atoms with Gasteiger partial charge in [0.25, 0.3) is 5.89 Å². The molecule has 6 heteroatoms. The molecule has 86 valence electrons. The van der Waals surface area contributed by atoms with Crippen molar-refractivity contribution >= 4 is 22.9 Å². The number of rotatable bonds is 3. The highest BCUT2D eigenvalue weighted by atomic mass is 35.5. The minimum Gasteiger partial charge on any atom is -0.333 e. The highest BCUT2D eigenvalue weighted by molar-refractivity contribution is 7.14. The molecule has 2 heterocycles. The van der Waals surface area contributed by atoms with E-state index >= 15 is 0 Å². The molecule has 0 fully saturated rings. The summed E-state index contributed by atoms with van der Waals surface area (Å²) >= 11 is 7.44. The molecule has 0 aliphatic carbocycles. The fraction of sp³-hybridized carbons (Fsp3) is 0.400. The van der Waals surface area contributed by atoms with Crippen LogP contribution in [0.1, 0.15) is 25.7 Å². The molecule has 2 rings (SSSR count). The maximum atomic E-state index is 5.98. The van der Waals surface area contributed by atoms with E-state index in [-0.39, 0.29) is 12.0 Å². The van der Waals surface area contributed by atoms with E-state index in [9.17, 15) is 0 Å². The number of nitrogens with zero attached hydrogens (tertiary/aromatic N) is 2. The van der Waals surface area contributed by atoms with Crippen LogP contribution >= 0.6 is 22.9 Å². The zero-order valence-corrected chi connectivity index (χ0v) is 10.5. The van der Waals surface area contributed by atoms with Crippen molar-refractivity contribution in [2.45, 2.75) is 19.9 Å². The lowest BCUT2D eigenvalue weighted by Gasteiger charge is -2.09. The van der Waals surface area contributed by atoms with Crippen LogP contribution in [0.4, 0.5) is 0 Å². The first kappa shape index (κ1) is 11.6. The summed E-state index contributed by atoms with van der Waals surface area (Å²) in [6, 6.07) is 1.59. The summed E-state index contributed by atoms with van der Waals surface area (Å²) in [5.41, 5.74) is 5.93. The number of aromatic nitrogens is 2. The van der Waals surface area contributed by atoms with Gasteiger partial charge < -0.3 is 10.3 Å². The van der Waals surface area contributed by atoms with Crippen molar-refractivity contribution in [3.05, 3.63) is 22.3 Å². The summed E-state index contributed by atoms with van der Waals surface area (Å²) in [6.45, 7) is 4.03. The van der Waals surface area contributed by atoms with Crippen molar-refractivity contribution in [1.29, 1.82) is 0 Å². The van der Waals surface area contributed by atoms with Crippen molar-refractivity contribution in [2.75, 3.05) is 0 Å². The van der Waals surface area contributed by atoms with Gasteiger partial charge >= 0.3 is 0 Å². The topological polar surface area (TPSA) is 64.9 Å². The molecule has 2 aromatic heterocycles. The lowest BCUT2D eigenvalue weighted by Crippen LogP contribution is -2.18. The van der Waals surface area contributed by atoms with Gasteiger partial charge in [-0.1, -0.05) is 30.6 Å². The van der Waals surface area contributed by atoms with Gasteiger partial charge in [-0.15, -0.1) is 11.3 Å². The van der Waals surface area contributed by atoms with E-state index < -0.39 is 0 Å². The van der Waals surface area contributed by atoms with Crippen LogP contribution in [0, 0.1) is 5.92 Å². The average molecular weight is 258 g/mol. The van der Waals surface area contributed by atoms with Crippen LogP contribution in [0.25, 0.3) is 10.8 Å². The Morgan fingerprint density at radius 2 is 2.25 bits per heavy atom. The van der Waals surface area contributed by atoms with E-state index in [0.717, 1.165) is 4.88 Å². The molecule has 0 radical (unpaired) electrons. The Labute approximate surface area is 102 Å². The third-order valence-corrected chi connectivity index (χ3v) is 3.60. The van der Waals surface area contributed by atoms with E-state index in [2.05, 4.69) is 10.1 Å². The molecule has 1 unspecified atom stereocenters. The van der Waals surface area contributed by atoms with Gasteiger partial charge in [0.05, 0.1) is 11.1 Å². The standard InChI is InChI=1S/C10H12ClN3OS/c1-5(2)7(12)9-13-10(15-14-9)8-6(11)3-4-16-8/h3-5,7H,12H2,1-2H3. The molecule has 2 aromatic rings. The Hall–Kier alpha value is -0.910. The zero-order chi connectivity index (χ0) is 11.7. The fourth-order valence-corrected chi connectivity index (χ4v) is 2.26. The maximum absolute atomic E-state index is 5.98. The zero-order valence-electron chi connectivity index (χ0n) is 8.98. The molecule has 1 atom stereocenters. The molecule has 0 amide bonds. The third kappa shape index (κ3) is 2.11. The molecular formula is C10H12ClN3OS. The lowest BCUT2D eigenvalue weighted by molar-refractivity contribution is 0.400. The predicted molar refractivity (Wildman–Crippen MR) is 64.4 cm³/mol. The van der Waals surface area contributed by atoms with E-state index in [4.69, 9.17) is 21.9 Å². The van der Waals surface area contributed by atoms with Crippen LogP contribution in [0.3, 0.4) is 0 Å². The Kier molecular flexibility index (Phi) is 3.28.